The van der Waals surface area contributed by atoms with Gasteiger partial charge in [0.15, 0.2) is 0 Å². The van der Waals surface area contributed by atoms with E-state index in [0.717, 1.165) is 30.5 Å². The molecule has 1 aromatic heterocycles. The summed E-state index contributed by atoms with van der Waals surface area (Å²) in [5, 5.41) is 6.10. The third kappa shape index (κ3) is 4.33. The lowest BCUT2D eigenvalue weighted by molar-refractivity contribution is 0.439. The lowest BCUT2D eigenvalue weighted by atomic mass is 9.95. The summed E-state index contributed by atoms with van der Waals surface area (Å²) in [7, 11) is -3.49. The summed E-state index contributed by atoms with van der Waals surface area (Å²) >= 11 is 0. The topological polar surface area (TPSA) is 64.0 Å². The third-order valence-corrected chi connectivity index (χ3v) is 6.68. The molecular weight excluding hydrogens is 358 g/mol. The smallest absolute Gasteiger partial charge is 0.234 e. The Morgan fingerprint density at radius 1 is 1.07 bits per heavy atom. The lowest BCUT2D eigenvalue weighted by Crippen LogP contribution is -2.21. The Balaban J connectivity index is 1.50. The Kier molecular flexibility index (Phi) is 5.45. The van der Waals surface area contributed by atoms with E-state index in [1.165, 1.54) is 48.8 Å². The summed E-state index contributed by atoms with van der Waals surface area (Å²) in [4.78, 5) is 0. The molecule has 0 radical (unpaired) electrons. The van der Waals surface area contributed by atoms with E-state index < -0.39 is 10.0 Å². The molecule has 27 heavy (non-hydrogen) atoms. The van der Waals surface area contributed by atoms with Gasteiger partial charge in [0.1, 0.15) is 0 Å². The highest BCUT2D eigenvalue weighted by molar-refractivity contribution is 7.92. The fourth-order valence-electron chi connectivity index (χ4n) is 4.25. The molecule has 6 heteroatoms. The fourth-order valence-corrected chi connectivity index (χ4v) is 5.02. The van der Waals surface area contributed by atoms with Crippen molar-refractivity contribution in [3.63, 3.8) is 0 Å². The number of sulfonamides is 1. The average molecular weight is 386 g/mol. The SMILES string of the molecule is O=S(=O)(C=Cc1ccccc1)NCc1nn(C2CCCC2)c2c1CCCC2. The quantitative estimate of drug-likeness (QED) is 0.818. The van der Waals surface area contributed by atoms with Gasteiger partial charge in [-0.05, 0) is 55.7 Å². The molecule has 0 amide bonds. The number of nitrogens with one attached hydrogen (secondary N) is 1. The number of fused-ring (bicyclic) bond motifs is 1. The Hall–Kier alpha value is -1.92. The minimum Gasteiger partial charge on any atom is -0.266 e. The van der Waals surface area contributed by atoms with Gasteiger partial charge >= 0.3 is 0 Å². The van der Waals surface area contributed by atoms with Crippen LogP contribution in [0.4, 0.5) is 0 Å². The summed E-state index contributed by atoms with van der Waals surface area (Å²) in [6.07, 6.45) is 11.0. The van der Waals surface area contributed by atoms with Crippen LogP contribution in [0, 0.1) is 0 Å². The first-order valence-corrected chi connectivity index (χ1v) is 11.5. The molecule has 0 aliphatic heterocycles. The van der Waals surface area contributed by atoms with Gasteiger partial charge in [-0.3, -0.25) is 4.68 Å². The van der Waals surface area contributed by atoms with E-state index in [2.05, 4.69) is 9.40 Å². The molecule has 1 aromatic carbocycles. The summed E-state index contributed by atoms with van der Waals surface area (Å²) in [5.41, 5.74) is 4.41. The predicted octanol–water partition coefficient (Wildman–Crippen LogP) is 3.97. The Morgan fingerprint density at radius 2 is 1.81 bits per heavy atom. The molecule has 0 spiro atoms. The van der Waals surface area contributed by atoms with Crippen molar-refractivity contribution < 1.29 is 8.42 Å². The van der Waals surface area contributed by atoms with Crippen LogP contribution in [0.15, 0.2) is 35.7 Å². The monoisotopic (exact) mass is 385 g/mol. The third-order valence-electron chi connectivity index (χ3n) is 5.64. The fraction of sp³-hybridized carbons (Fsp3) is 0.476. The van der Waals surface area contributed by atoms with Gasteiger partial charge in [-0.1, -0.05) is 43.2 Å². The minimum absolute atomic E-state index is 0.267. The summed E-state index contributed by atoms with van der Waals surface area (Å²) in [5.74, 6) is 0. The van der Waals surface area contributed by atoms with Crippen LogP contribution in [0.3, 0.4) is 0 Å². The van der Waals surface area contributed by atoms with E-state index in [4.69, 9.17) is 5.10 Å². The normalized spacial score (nSPS) is 18.2. The van der Waals surface area contributed by atoms with Crippen LogP contribution >= 0.6 is 0 Å². The van der Waals surface area contributed by atoms with Crippen LogP contribution in [0.25, 0.3) is 6.08 Å². The van der Waals surface area contributed by atoms with E-state index in [1.807, 2.05) is 30.3 Å². The number of aromatic nitrogens is 2. The number of nitrogens with zero attached hydrogens (tertiary/aromatic N) is 2. The Bertz CT molecular complexity index is 910. The zero-order chi connectivity index (χ0) is 18.7. The maximum absolute atomic E-state index is 12.4. The van der Waals surface area contributed by atoms with Crippen molar-refractivity contribution in [2.75, 3.05) is 0 Å². The molecule has 5 nitrogen and oxygen atoms in total. The van der Waals surface area contributed by atoms with Crippen molar-refractivity contribution in [1.29, 1.82) is 0 Å². The van der Waals surface area contributed by atoms with Crippen molar-refractivity contribution in [2.24, 2.45) is 0 Å². The van der Waals surface area contributed by atoms with Crippen LogP contribution in [0.2, 0.25) is 0 Å². The highest BCUT2D eigenvalue weighted by Gasteiger charge is 2.26. The zero-order valence-electron chi connectivity index (χ0n) is 15.6. The van der Waals surface area contributed by atoms with E-state index in [9.17, 15) is 8.42 Å². The standard InChI is InChI=1S/C21H27N3O2S/c25-27(26,15-14-17-8-2-1-3-9-17)22-16-20-19-12-6-7-13-21(19)24(23-20)18-10-4-5-11-18/h1-3,8-9,14-15,18,22H,4-7,10-13,16H2. The lowest BCUT2D eigenvalue weighted by Gasteiger charge is -2.18. The van der Waals surface area contributed by atoms with Crippen LogP contribution in [0.5, 0.6) is 0 Å². The van der Waals surface area contributed by atoms with Crippen LogP contribution in [-0.2, 0) is 29.4 Å². The van der Waals surface area contributed by atoms with Gasteiger partial charge in [0.2, 0.25) is 10.0 Å². The second-order valence-electron chi connectivity index (χ2n) is 7.54. The second kappa shape index (κ2) is 7.98. The highest BCUT2D eigenvalue weighted by atomic mass is 32.2. The van der Waals surface area contributed by atoms with E-state index >= 15 is 0 Å². The van der Waals surface area contributed by atoms with Gasteiger partial charge in [0.25, 0.3) is 0 Å². The van der Waals surface area contributed by atoms with Crippen molar-refractivity contribution >= 4 is 16.1 Å². The molecule has 2 aromatic rings. The van der Waals surface area contributed by atoms with E-state index in [0.29, 0.717) is 6.04 Å². The molecule has 0 bridgehead atoms. The van der Waals surface area contributed by atoms with Crippen LogP contribution < -0.4 is 4.72 Å². The van der Waals surface area contributed by atoms with Gasteiger partial charge in [-0.25, -0.2) is 13.1 Å². The number of hydrogen-bond acceptors (Lipinski definition) is 3. The summed E-state index contributed by atoms with van der Waals surface area (Å²) in [6.45, 7) is 0.267. The number of rotatable bonds is 6. The molecule has 2 aliphatic carbocycles. The first kappa shape index (κ1) is 18.4. The molecule has 1 heterocycles. The Morgan fingerprint density at radius 3 is 2.59 bits per heavy atom. The van der Waals surface area contributed by atoms with Crippen molar-refractivity contribution in [3.8, 4) is 0 Å². The Labute approximate surface area is 161 Å². The van der Waals surface area contributed by atoms with Gasteiger partial charge < -0.3 is 0 Å². The first-order chi connectivity index (χ1) is 13.1. The number of hydrogen-bond donors (Lipinski definition) is 1. The molecule has 1 N–H and O–H groups in total. The number of benzene rings is 1. The molecule has 1 fully saturated rings. The highest BCUT2D eigenvalue weighted by Crippen LogP contribution is 2.34. The van der Waals surface area contributed by atoms with Crippen molar-refractivity contribution in [3.05, 3.63) is 58.3 Å². The van der Waals surface area contributed by atoms with Crippen molar-refractivity contribution in [2.45, 2.75) is 64.0 Å². The molecule has 4 rings (SSSR count). The van der Waals surface area contributed by atoms with Crippen LogP contribution in [-0.4, -0.2) is 18.2 Å². The first-order valence-electron chi connectivity index (χ1n) is 9.94. The second-order valence-corrected chi connectivity index (χ2v) is 9.19. The molecule has 2 aliphatic rings. The maximum atomic E-state index is 12.4. The summed E-state index contributed by atoms with van der Waals surface area (Å²) < 4.78 is 29.7. The maximum Gasteiger partial charge on any atom is 0.234 e. The van der Waals surface area contributed by atoms with Crippen LogP contribution in [0.1, 0.15) is 67.1 Å². The molecule has 1 saturated carbocycles. The minimum atomic E-state index is -3.49. The van der Waals surface area contributed by atoms with Crippen molar-refractivity contribution in [1.82, 2.24) is 14.5 Å². The molecule has 0 saturated heterocycles. The predicted molar refractivity (Wildman–Crippen MR) is 108 cm³/mol. The molecule has 0 unspecified atom stereocenters. The van der Waals surface area contributed by atoms with Gasteiger partial charge in [0, 0.05) is 11.1 Å². The van der Waals surface area contributed by atoms with E-state index in [-0.39, 0.29) is 6.54 Å². The zero-order valence-corrected chi connectivity index (χ0v) is 16.4. The largest absolute Gasteiger partial charge is 0.266 e. The van der Waals surface area contributed by atoms with E-state index in [1.54, 1.807) is 6.08 Å². The molecular formula is C21H27N3O2S. The average Bonchev–Trinajstić information content (AvgIpc) is 3.34. The molecule has 0 atom stereocenters. The van der Waals surface area contributed by atoms with Gasteiger partial charge in [-0.2, -0.15) is 5.10 Å². The molecule has 144 valence electrons. The summed E-state index contributed by atoms with van der Waals surface area (Å²) in [6, 6.07) is 9.95. The van der Waals surface area contributed by atoms with Gasteiger partial charge in [-0.15, -0.1) is 0 Å². The van der Waals surface area contributed by atoms with Gasteiger partial charge in [0.05, 0.1) is 18.3 Å².